The molecule has 0 aliphatic carbocycles. The number of aliphatic hydroxyl groups excluding tert-OH is 2. The summed E-state index contributed by atoms with van der Waals surface area (Å²) in [5.74, 6) is -0.323. The zero-order chi connectivity index (χ0) is 12.6. The van der Waals surface area contributed by atoms with E-state index in [2.05, 4.69) is 0 Å². The summed E-state index contributed by atoms with van der Waals surface area (Å²) in [5, 5.41) is 19.9. The molecule has 0 spiro atoms. The Hall–Kier alpha value is -0.660. The number of fused-ring (bicyclic) bond motifs is 1. The van der Waals surface area contributed by atoms with Crippen LogP contribution in [0.1, 0.15) is 23.6 Å². The highest BCUT2D eigenvalue weighted by Gasteiger charge is 2.36. The van der Waals surface area contributed by atoms with Gasteiger partial charge in [-0.3, -0.25) is 0 Å². The van der Waals surface area contributed by atoms with Crippen molar-refractivity contribution in [3.05, 3.63) is 35.4 Å². The fourth-order valence-corrected chi connectivity index (χ4v) is 2.57. The van der Waals surface area contributed by atoms with Crippen molar-refractivity contribution in [2.75, 3.05) is 12.3 Å². The molecule has 0 saturated heterocycles. The van der Waals surface area contributed by atoms with Crippen LogP contribution in [-0.2, 0) is 9.05 Å². The van der Waals surface area contributed by atoms with Gasteiger partial charge in [-0.15, -0.1) is 0 Å². The van der Waals surface area contributed by atoms with Gasteiger partial charge in [0, 0.05) is 28.4 Å². The summed E-state index contributed by atoms with van der Waals surface area (Å²) >= 11 is 0. The molecule has 2 N–H and O–H groups in total. The lowest BCUT2D eigenvalue weighted by molar-refractivity contribution is -0.0803. The van der Waals surface area contributed by atoms with Crippen LogP contribution in [0.3, 0.4) is 0 Å². The highest BCUT2D eigenvalue weighted by molar-refractivity contribution is 8.13. The van der Waals surface area contributed by atoms with E-state index in [-0.39, 0.29) is 12.3 Å². The molecule has 17 heavy (non-hydrogen) atoms. The normalized spacial score (nSPS) is 24.9. The van der Waals surface area contributed by atoms with Crippen LogP contribution in [0, 0.1) is 0 Å². The minimum absolute atomic E-state index is 0.0250. The third-order valence-corrected chi connectivity index (χ3v) is 3.91. The topological polar surface area (TPSA) is 77.8 Å². The Labute approximate surface area is 104 Å². The molecule has 1 aromatic carbocycles. The van der Waals surface area contributed by atoms with E-state index in [1.807, 2.05) is 0 Å². The first-order valence-corrected chi connectivity index (χ1v) is 7.51. The molecule has 0 amide bonds. The van der Waals surface area contributed by atoms with Crippen LogP contribution in [0.4, 0.5) is 0 Å². The molecule has 2 rings (SSSR count). The van der Waals surface area contributed by atoms with E-state index < -0.39 is 21.5 Å². The number of aliphatic hydroxyl groups is 2. The summed E-state index contributed by atoms with van der Waals surface area (Å²) in [5.41, 5.74) is 1.18. The van der Waals surface area contributed by atoms with E-state index in [0.717, 1.165) is 0 Å². The van der Waals surface area contributed by atoms with Gasteiger partial charge in [-0.25, -0.2) is 13.3 Å². The van der Waals surface area contributed by atoms with E-state index in [0.29, 0.717) is 11.1 Å². The number of nitrogens with zero attached hydrogens (tertiary/aromatic N) is 1. The Kier molecular flexibility index (Phi) is 3.42. The first kappa shape index (κ1) is 12.8. The molecule has 1 aromatic rings. The molecule has 7 heteroatoms. The lowest BCUT2D eigenvalue weighted by Crippen LogP contribution is -2.30. The lowest BCUT2D eigenvalue weighted by Gasteiger charge is -2.23. The maximum atomic E-state index is 10.8. The second kappa shape index (κ2) is 4.55. The van der Waals surface area contributed by atoms with Gasteiger partial charge in [0.1, 0.15) is 12.5 Å². The average molecular weight is 278 g/mol. The first-order valence-electron chi connectivity index (χ1n) is 5.03. The molecule has 0 fully saturated rings. The molecule has 1 heterocycles. The zero-order valence-corrected chi connectivity index (χ0v) is 10.4. The van der Waals surface area contributed by atoms with Crippen molar-refractivity contribution >= 4 is 19.7 Å². The second-order valence-electron chi connectivity index (χ2n) is 3.86. The predicted octanol–water partition coefficient (Wildman–Crippen LogP) is 0.553. The molecule has 5 nitrogen and oxygen atoms in total. The summed E-state index contributed by atoms with van der Waals surface area (Å²) < 4.78 is 21.7. The van der Waals surface area contributed by atoms with E-state index in [9.17, 15) is 18.6 Å². The van der Waals surface area contributed by atoms with Crippen LogP contribution in [0.15, 0.2) is 24.3 Å². The number of halogens is 1. The highest BCUT2D eigenvalue weighted by atomic mass is 35.7. The quantitative estimate of drug-likeness (QED) is 0.789. The summed E-state index contributed by atoms with van der Waals surface area (Å²) in [4.78, 5) is 1.28. The lowest BCUT2D eigenvalue weighted by atomic mass is 10.1. The molecule has 1 aliphatic heterocycles. The van der Waals surface area contributed by atoms with Crippen molar-refractivity contribution in [2.24, 2.45) is 0 Å². The first-order chi connectivity index (χ1) is 7.90. The van der Waals surface area contributed by atoms with Crippen LogP contribution in [0.2, 0.25) is 0 Å². The summed E-state index contributed by atoms with van der Waals surface area (Å²) in [6.45, 7) is -0.0250. The Morgan fingerprint density at radius 3 is 2.06 bits per heavy atom. The molecule has 0 bridgehead atoms. The third kappa shape index (κ3) is 2.61. The Morgan fingerprint density at radius 1 is 1.18 bits per heavy atom. The fourth-order valence-electron chi connectivity index (χ4n) is 1.93. The van der Waals surface area contributed by atoms with Gasteiger partial charge in [-0.1, -0.05) is 24.3 Å². The molecular weight excluding hydrogens is 266 g/mol. The predicted molar refractivity (Wildman–Crippen MR) is 62.7 cm³/mol. The van der Waals surface area contributed by atoms with Crippen molar-refractivity contribution < 1.29 is 18.6 Å². The van der Waals surface area contributed by atoms with E-state index in [1.54, 1.807) is 24.3 Å². The molecule has 1 aliphatic rings. The number of hydrogen-bond acceptors (Lipinski definition) is 5. The van der Waals surface area contributed by atoms with E-state index in [4.69, 9.17) is 10.7 Å². The minimum atomic E-state index is -3.64. The second-order valence-corrected chi connectivity index (χ2v) is 6.75. The summed E-state index contributed by atoms with van der Waals surface area (Å²) in [6.07, 6.45) is -2.00. The maximum absolute atomic E-state index is 10.8. The summed E-state index contributed by atoms with van der Waals surface area (Å²) in [6, 6.07) is 6.88. The van der Waals surface area contributed by atoms with Gasteiger partial charge in [0.15, 0.2) is 0 Å². The van der Waals surface area contributed by atoms with Crippen LogP contribution < -0.4 is 0 Å². The van der Waals surface area contributed by atoms with Gasteiger partial charge in [0.05, 0.1) is 5.75 Å². The Bertz CT molecular complexity index is 490. The van der Waals surface area contributed by atoms with Crippen LogP contribution >= 0.6 is 10.7 Å². The monoisotopic (exact) mass is 277 g/mol. The smallest absolute Gasteiger partial charge is 0.233 e. The van der Waals surface area contributed by atoms with Gasteiger partial charge in [0.25, 0.3) is 0 Å². The number of hydrogen-bond donors (Lipinski definition) is 2. The highest BCUT2D eigenvalue weighted by Crippen LogP contribution is 2.38. The summed E-state index contributed by atoms with van der Waals surface area (Å²) in [7, 11) is 1.46. The zero-order valence-electron chi connectivity index (χ0n) is 8.82. The van der Waals surface area contributed by atoms with Gasteiger partial charge in [0.2, 0.25) is 9.05 Å². The standard InChI is InChI=1S/C10H12ClNO4S/c11-17(15,16)6-5-12-9(13)7-3-1-2-4-8(7)10(12)14/h1-4,9-10,13-14H,5-6H2. The van der Waals surface area contributed by atoms with Gasteiger partial charge < -0.3 is 10.2 Å². The molecule has 2 unspecified atom stereocenters. The molecule has 2 atom stereocenters. The van der Waals surface area contributed by atoms with E-state index in [1.165, 1.54) is 4.90 Å². The SMILES string of the molecule is O=S(=O)(Cl)CCN1C(O)c2ccccc2C1O. The van der Waals surface area contributed by atoms with Crippen LogP contribution in [0.5, 0.6) is 0 Å². The third-order valence-electron chi connectivity index (χ3n) is 2.77. The van der Waals surface area contributed by atoms with Gasteiger partial charge in [-0.05, 0) is 0 Å². The largest absolute Gasteiger partial charge is 0.374 e. The Balaban J connectivity index is 2.18. The number of rotatable bonds is 3. The van der Waals surface area contributed by atoms with Crippen molar-refractivity contribution in [3.8, 4) is 0 Å². The Morgan fingerprint density at radius 2 is 1.65 bits per heavy atom. The van der Waals surface area contributed by atoms with Gasteiger partial charge >= 0.3 is 0 Å². The molecule has 0 aromatic heterocycles. The van der Waals surface area contributed by atoms with E-state index >= 15 is 0 Å². The average Bonchev–Trinajstić information content (AvgIpc) is 2.49. The van der Waals surface area contributed by atoms with Crippen LogP contribution in [0.25, 0.3) is 0 Å². The van der Waals surface area contributed by atoms with Crippen LogP contribution in [-0.4, -0.2) is 35.8 Å². The van der Waals surface area contributed by atoms with Crippen molar-refractivity contribution in [2.45, 2.75) is 12.5 Å². The maximum Gasteiger partial charge on any atom is 0.233 e. The molecular formula is C10H12ClNO4S. The molecule has 0 radical (unpaired) electrons. The van der Waals surface area contributed by atoms with Crippen molar-refractivity contribution in [1.29, 1.82) is 0 Å². The molecule has 94 valence electrons. The van der Waals surface area contributed by atoms with Crippen molar-refractivity contribution in [1.82, 2.24) is 4.90 Å². The minimum Gasteiger partial charge on any atom is -0.374 e. The molecule has 0 saturated carbocycles. The van der Waals surface area contributed by atoms with Crippen molar-refractivity contribution in [3.63, 3.8) is 0 Å². The van der Waals surface area contributed by atoms with Gasteiger partial charge in [-0.2, -0.15) is 0 Å². The number of benzene rings is 1. The fraction of sp³-hybridized carbons (Fsp3) is 0.400.